The van der Waals surface area contributed by atoms with Crippen LogP contribution in [0.4, 0.5) is 0 Å². The van der Waals surface area contributed by atoms with Crippen molar-refractivity contribution >= 4 is 5.78 Å². The second-order valence-corrected chi connectivity index (χ2v) is 5.88. The van der Waals surface area contributed by atoms with Gasteiger partial charge in [0.2, 0.25) is 0 Å². The Bertz CT molecular complexity index is 437. The van der Waals surface area contributed by atoms with Gasteiger partial charge in [0.15, 0.2) is 0 Å². The van der Waals surface area contributed by atoms with Gasteiger partial charge in [-0.1, -0.05) is 32.0 Å². The summed E-state index contributed by atoms with van der Waals surface area (Å²) >= 11 is 0. The molecule has 0 amide bonds. The number of Topliss-reactive ketones (excluding diaryl/α,β-unsaturated/α-hetero) is 1. The van der Waals surface area contributed by atoms with Gasteiger partial charge in [-0.2, -0.15) is 0 Å². The Balaban J connectivity index is 1.76. The van der Waals surface area contributed by atoms with Gasteiger partial charge in [0, 0.05) is 18.9 Å². The highest BCUT2D eigenvalue weighted by Gasteiger charge is 2.12. The van der Waals surface area contributed by atoms with Gasteiger partial charge in [-0.25, -0.2) is 0 Å². The zero-order chi connectivity index (χ0) is 13.7. The van der Waals surface area contributed by atoms with Gasteiger partial charge in [0.1, 0.15) is 5.78 Å². The Morgan fingerprint density at radius 2 is 2.05 bits per heavy atom. The standard InChI is InChI=1S/C17H25NO/c1-13(2)18-10-4-7-17(19)12-14-8-9-15-5-3-6-16(15)11-14/h8-9,11,13,18H,3-7,10,12H2,1-2H3. The summed E-state index contributed by atoms with van der Waals surface area (Å²) < 4.78 is 0. The van der Waals surface area contributed by atoms with E-state index in [1.807, 2.05) is 0 Å². The smallest absolute Gasteiger partial charge is 0.137 e. The van der Waals surface area contributed by atoms with Gasteiger partial charge in [0.25, 0.3) is 0 Å². The number of nitrogens with one attached hydrogen (secondary N) is 1. The van der Waals surface area contributed by atoms with Crippen LogP contribution in [0, 0.1) is 0 Å². The van der Waals surface area contributed by atoms with Gasteiger partial charge >= 0.3 is 0 Å². The highest BCUT2D eigenvalue weighted by Crippen LogP contribution is 2.23. The second-order valence-electron chi connectivity index (χ2n) is 5.88. The predicted octanol–water partition coefficient (Wildman–Crippen LogP) is 3.07. The third-order valence-electron chi connectivity index (χ3n) is 3.75. The van der Waals surface area contributed by atoms with Crippen LogP contribution in [0.1, 0.15) is 49.8 Å². The van der Waals surface area contributed by atoms with E-state index in [4.69, 9.17) is 0 Å². The fourth-order valence-electron chi connectivity index (χ4n) is 2.73. The van der Waals surface area contributed by atoms with Gasteiger partial charge in [-0.05, 0) is 48.9 Å². The lowest BCUT2D eigenvalue weighted by atomic mass is 10.0. The Morgan fingerprint density at radius 1 is 1.26 bits per heavy atom. The molecule has 1 N–H and O–H groups in total. The van der Waals surface area contributed by atoms with Crippen LogP contribution in [0.25, 0.3) is 0 Å². The van der Waals surface area contributed by atoms with Crippen molar-refractivity contribution in [1.82, 2.24) is 5.32 Å². The molecule has 2 nitrogen and oxygen atoms in total. The number of benzene rings is 1. The maximum absolute atomic E-state index is 11.9. The number of fused-ring (bicyclic) bond motifs is 1. The van der Waals surface area contributed by atoms with E-state index < -0.39 is 0 Å². The van der Waals surface area contributed by atoms with Crippen LogP contribution in [0.15, 0.2) is 18.2 Å². The first kappa shape index (κ1) is 14.3. The SMILES string of the molecule is CC(C)NCCCC(=O)Cc1ccc2c(c1)CCC2. The number of hydrogen-bond acceptors (Lipinski definition) is 2. The molecule has 19 heavy (non-hydrogen) atoms. The summed E-state index contributed by atoms with van der Waals surface area (Å²) in [5.41, 5.74) is 4.14. The minimum Gasteiger partial charge on any atom is -0.315 e. The predicted molar refractivity (Wildman–Crippen MR) is 79.6 cm³/mol. The van der Waals surface area contributed by atoms with E-state index in [2.05, 4.69) is 37.4 Å². The van der Waals surface area contributed by atoms with Crippen molar-refractivity contribution < 1.29 is 4.79 Å². The molecule has 0 heterocycles. The first-order valence-electron chi connectivity index (χ1n) is 7.51. The van der Waals surface area contributed by atoms with Crippen LogP contribution < -0.4 is 5.32 Å². The average Bonchev–Trinajstić information content (AvgIpc) is 2.82. The molecular weight excluding hydrogens is 234 g/mol. The molecular formula is C17H25NO. The summed E-state index contributed by atoms with van der Waals surface area (Å²) in [7, 11) is 0. The normalized spacial score (nSPS) is 13.8. The van der Waals surface area contributed by atoms with Crippen molar-refractivity contribution in [3.8, 4) is 0 Å². The number of aryl methyl sites for hydroxylation is 2. The molecule has 0 atom stereocenters. The zero-order valence-corrected chi connectivity index (χ0v) is 12.2. The lowest BCUT2D eigenvalue weighted by Gasteiger charge is -2.08. The summed E-state index contributed by atoms with van der Waals surface area (Å²) in [5.74, 6) is 0.364. The van der Waals surface area contributed by atoms with Crippen molar-refractivity contribution in [2.75, 3.05) is 6.54 Å². The summed E-state index contributed by atoms with van der Waals surface area (Å²) in [6.45, 7) is 5.20. The summed E-state index contributed by atoms with van der Waals surface area (Å²) in [5, 5.41) is 3.35. The van der Waals surface area contributed by atoms with Crippen LogP contribution in [0.5, 0.6) is 0 Å². The quantitative estimate of drug-likeness (QED) is 0.763. The van der Waals surface area contributed by atoms with Gasteiger partial charge in [-0.3, -0.25) is 4.79 Å². The summed E-state index contributed by atoms with van der Waals surface area (Å²) in [6, 6.07) is 7.10. The van der Waals surface area contributed by atoms with Crippen LogP contribution >= 0.6 is 0 Å². The molecule has 2 rings (SSSR count). The third kappa shape index (κ3) is 4.46. The molecule has 1 aromatic rings. The fraction of sp³-hybridized carbons (Fsp3) is 0.588. The van der Waals surface area contributed by atoms with Crippen molar-refractivity contribution in [3.05, 3.63) is 34.9 Å². The van der Waals surface area contributed by atoms with E-state index in [9.17, 15) is 4.79 Å². The molecule has 0 radical (unpaired) electrons. The Labute approximate surface area is 116 Å². The number of ketones is 1. The highest BCUT2D eigenvalue weighted by atomic mass is 16.1. The van der Waals surface area contributed by atoms with Gasteiger partial charge < -0.3 is 5.32 Å². The van der Waals surface area contributed by atoms with E-state index in [-0.39, 0.29) is 0 Å². The Morgan fingerprint density at radius 3 is 2.84 bits per heavy atom. The van der Waals surface area contributed by atoms with E-state index in [1.165, 1.54) is 36.0 Å². The molecule has 0 unspecified atom stereocenters. The molecule has 1 aliphatic rings. The topological polar surface area (TPSA) is 29.1 Å². The van der Waals surface area contributed by atoms with Crippen LogP contribution in [-0.2, 0) is 24.1 Å². The molecule has 0 bridgehead atoms. The lowest BCUT2D eigenvalue weighted by Crippen LogP contribution is -2.24. The number of rotatable bonds is 7. The summed E-state index contributed by atoms with van der Waals surface area (Å²) in [4.78, 5) is 11.9. The molecule has 1 aromatic carbocycles. The van der Waals surface area contributed by atoms with Gasteiger partial charge in [-0.15, -0.1) is 0 Å². The fourth-order valence-corrected chi connectivity index (χ4v) is 2.73. The minimum absolute atomic E-state index is 0.364. The highest BCUT2D eigenvalue weighted by molar-refractivity contribution is 5.80. The third-order valence-corrected chi connectivity index (χ3v) is 3.75. The minimum atomic E-state index is 0.364. The second kappa shape index (κ2) is 6.85. The van der Waals surface area contributed by atoms with Crippen LogP contribution in [0.3, 0.4) is 0 Å². The maximum atomic E-state index is 11.9. The number of carbonyl (C=O) groups excluding carboxylic acids is 1. The van der Waals surface area contributed by atoms with Crippen LogP contribution in [-0.4, -0.2) is 18.4 Å². The first-order chi connectivity index (χ1) is 9.15. The monoisotopic (exact) mass is 259 g/mol. The zero-order valence-electron chi connectivity index (χ0n) is 12.2. The lowest BCUT2D eigenvalue weighted by molar-refractivity contribution is -0.118. The molecule has 0 fully saturated rings. The first-order valence-corrected chi connectivity index (χ1v) is 7.51. The summed E-state index contributed by atoms with van der Waals surface area (Å²) in [6.07, 6.45) is 5.92. The van der Waals surface area contributed by atoms with Crippen molar-refractivity contribution in [2.45, 2.75) is 58.4 Å². The Kier molecular flexibility index (Phi) is 5.15. The largest absolute Gasteiger partial charge is 0.315 e. The van der Waals surface area contributed by atoms with E-state index >= 15 is 0 Å². The molecule has 0 aromatic heterocycles. The Hall–Kier alpha value is -1.15. The van der Waals surface area contributed by atoms with E-state index in [1.54, 1.807) is 0 Å². The number of carbonyl (C=O) groups is 1. The van der Waals surface area contributed by atoms with E-state index in [0.29, 0.717) is 24.7 Å². The molecule has 0 spiro atoms. The van der Waals surface area contributed by atoms with E-state index in [0.717, 1.165) is 13.0 Å². The number of hydrogen-bond donors (Lipinski definition) is 1. The van der Waals surface area contributed by atoms with Crippen LogP contribution in [0.2, 0.25) is 0 Å². The molecule has 104 valence electrons. The average molecular weight is 259 g/mol. The molecule has 0 saturated carbocycles. The van der Waals surface area contributed by atoms with Crippen molar-refractivity contribution in [1.29, 1.82) is 0 Å². The van der Waals surface area contributed by atoms with Gasteiger partial charge in [0.05, 0.1) is 0 Å². The molecule has 0 saturated heterocycles. The molecule has 1 aliphatic carbocycles. The molecule has 2 heteroatoms. The van der Waals surface area contributed by atoms with Crippen molar-refractivity contribution in [3.63, 3.8) is 0 Å². The van der Waals surface area contributed by atoms with Crippen molar-refractivity contribution in [2.24, 2.45) is 0 Å². The maximum Gasteiger partial charge on any atom is 0.137 e. The molecule has 0 aliphatic heterocycles.